The highest BCUT2D eigenvalue weighted by molar-refractivity contribution is 9.10. The lowest BCUT2D eigenvalue weighted by atomic mass is 10.0. The summed E-state index contributed by atoms with van der Waals surface area (Å²) in [4.78, 5) is 0. The molecule has 0 spiro atoms. The van der Waals surface area contributed by atoms with E-state index < -0.39 is 0 Å². The molecule has 0 radical (unpaired) electrons. The van der Waals surface area contributed by atoms with E-state index in [2.05, 4.69) is 34.0 Å². The second kappa shape index (κ2) is 7.85. The zero-order valence-electron chi connectivity index (χ0n) is 12.1. The minimum absolute atomic E-state index is 0.147. The lowest BCUT2D eigenvalue weighted by molar-refractivity contribution is 0.369. The van der Waals surface area contributed by atoms with Gasteiger partial charge < -0.3 is 4.74 Å². The number of hydrogen-bond acceptors (Lipinski definition) is 3. The maximum Gasteiger partial charge on any atom is 0.148 e. The lowest BCUT2D eigenvalue weighted by Crippen LogP contribution is -1.96. The van der Waals surface area contributed by atoms with Gasteiger partial charge in [0.2, 0.25) is 0 Å². The molecule has 0 saturated heterocycles. The molecule has 4 heteroatoms. The van der Waals surface area contributed by atoms with Crippen molar-refractivity contribution in [2.45, 2.75) is 0 Å². The quantitative estimate of drug-likeness (QED) is 0.460. The molecule has 0 saturated carbocycles. The molecule has 0 unspecified atom stereocenters. The average molecular weight is 363 g/mol. The Morgan fingerprint density at radius 2 is 2.04 bits per heavy atom. The van der Waals surface area contributed by atoms with Gasteiger partial charge in [0, 0.05) is 10.0 Å². The Labute approximate surface area is 143 Å². The molecule has 0 fully saturated rings. The summed E-state index contributed by atoms with van der Waals surface area (Å²) in [6, 6.07) is 16.6. The molecular formula is C19H11BrN2O. The van der Waals surface area contributed by atoms with Gasteiger partial charge in [-0.15, -0.1) is 6.42 Å². The van der Waals surface area contributed by atoms with Crippen molar-refractivity contribution in [3.8, 4) is 30.2 Å². The number of allylic oxidation sites excluding steroid dienone is 1. The molecule has 110 valence electrons. The summed E-state index contributed by atoms with van der Waals surface area (Å²) in [6.45, 7) is 0.147. The van der Waals surface area contributed by atoms with Gasteiger partial charge in [0.05, 0.1) is 23.3 Å². The number of nitriles is 2. The summed E-state index contributed by atoms with van der Waals surface area (Å²) < 4.78 is 6.37. The van der Waals surface area contributed by atoms with Crippen molar-refractivity contribution >= 4 is 27.6 Å². The summed E-state index contributed by atoms with van der Waals surface area (Å²) in [7, 11) is 0. The Balaban J connectivity index is 2.50. The van der Waals surface area contributed by atoms with Crippen LogP contribution < -0.4 is 4.74 Å². The van der Waals surface area contributed by atoms with Crippen molar-refractivity contribution in [2.75, 3.05) is 6.61 Å². The van der Waals surface area contributed by atoms with Gasteiger partial charge in [-0.25, -0.2) is 0 Å². The van der Waals surface area contributed by atoms with E-state index >= 15 is 0 Å². The summed E-state index contributed by atoms with van der Waals surface area (Å²) in [5.41, 5.74) is 2.34. The third-order valence-corrected chi connectivity index (χ3v) is 3.50. The van der Waals surface area contributed by atoms with Crippen LogP contribution in [-0.2, 0) is 0 Å². The predicted octanol–water partition coefficient (Wildman–Crippen LogP) is 4.40. The van der Waals surface area contributed by atoms with Crippen LogP contribution in [0.25, 0.3) is 11.6 Å². The number of nitrogens with zero attached hydrogens (tertiary/aromatic N) is 2. The molecule has 2 aromatic carbocycles. The molecule has 0 heterocycles. The molecule has 0 aliphatic heterocycles. The second-order valence-corrected chi connectivity index (χ2v) is 5.45. The Bertz CT molecular complexity index is 879. The predicted molar refractivity (Wildman–Crippen MR) is 93.1 cm³/mol. The molecule has 0 aromatic heterocycles. The third kappa shape index (κ3) is 4.24. The van der Waals surface area contributed by atoms with Gasteiger partial charge in [-0.2, -0.15) is 10.5 Å². The van der Waals surface area contributed by atoms with Crippen LogP contribution in [0.2, 0.25) is 0 Å². The van der Waals surface area contributed by atoms with E-state index in [0.717, 1.165) is 10.0 Å². The van der Waals surface area contributed by atoms with E-state index in [4.69, 9.17) is 16.4 Å². The van der Waals surface area contributed by atoms with E-state index in [9.17, 15) is 5.26 Å². The first-order chi connectivity index (χ1) is 11.2. The first-order valence-corrected chi connectivity index (χ1v) is 7.45. The van der Waals surface area contributed by atoms with E-state index in [1.807, 2.05) is 12.1 Å². The van der Waals surface area contributed by atoms with Crippen LogP contribution in [0.5, 0.6) is 5.75 Å². The molecule has 0 bridgehead atoms. The molecule has 23 heavy (non-hydrogen) atoms. The molecule has 0 N–H and O–H groups in total. The van der Waals surface area contributed by atoms with Gasteiger partial charge in [0.25, 0.3) is 0 Å². The highest BCUT2D eigenvalue weighted by atomic mass is 79.9. The van der Waals surface area contributed by atoms with Crippen LogP contribution in [0, 0.1) is 35.0 Å². The van der Waals surface area contributed by atoms with Crippen molar-refractivity contribution < 1.29 is 4.74 Å². The molecule has 0 amide bonds. The Morgan fingerprint density at radius 3 is 2.74 bits per heavy atom. The van der Waals surface area contributed by atoms with E-state index in [1.54, 1.807) is 36.4 Å². The summed E-state index contributed by atoms with van der Waals surface area (Å²) in [5.74, 6) is 3.01. The summed E-state index contributed by atoms with van der Waals surface area (Å²) >= 11 is 3.40. The topological polar surface area (TPSA) is 56.8 Å². The van der Waals surface area contributed by atoms with Crippen LogP contribution in [0.3, 0.4) is 0 Å². The number of halogens is 1. The van der Waals surface area contributed by atoms with Crippen LogP contribution in [0.1, 0.15) is 16.7 Å². The van der Waals surface area contributed by atoms with Crippen molar-refractivity contribution in [3.05, 3.63) is 63.6 Å². The monoisotopic (exact) mass is 362 g/mol. The number of ether oxygens (including phenoxy) is 1. The standard InChI is InChI=1S/C19H11BrN2O/c1-2-8-23-19-7-6-18(20)11-16(19)10-17(13-22)15-5-3-4-14(9-15)12-21/h1,3-7,9-11H,8H2. The zero-order valence-corrected chi connectivity index (χ0v) is 13.7. The lowest BCUT2D eigenvalue weighted by Gasteiger charge is -2.08. The SMILES string of the molecule is C#CCOc1ccc(Br)cc1C=C(C#N)c1cccc(C#N)c1. The fourth-order valence-corrected chi connectivity index (χ4v) is 2.35. The zero-order chi connectivity index (χ0) is 16.7. The minimum Gasteiger partial charge on any atom is -0.480 e. The van der Waals surface area contributed by atoms with Gasteiger partial charge in [-0.1, -0.05) is 34.0 Å². The van der Waals surface area contributed by atoms with Gasteiger partial charge in [0.15, 0.2) is 0 Å². The van der Waals surface area contributed by atoms with Crippen molar-refractivity contribution in [1.29, 1.82) is 10.5 Å². The molecule has 0 aliphatic carbocycles. The molecule has 0 aliphatic rings. The molecule has 2 aromatic rings. The van der Waals surface area contributed by atoms with Crippen LogP contribution in [0.4, 0.5) is 0 Å². The van der Waals surface area contributed by atoms with Gasteiger partial charge in [0.1, 0.15) is 12.4 Å². The maximum atomic E-state index is 9.45. The van der Waals surface area contributed by atoms with E-state index in [1.165, 1.54) is 0 Å². The highest BCUT2D eigenvalue weighted by Crippen LogP contribution is 2.28. The molecule has 0 atom stereocenters. The van der Waals surface area contributed by atoms with Crippen LogP contribution in [-0.4, -0.2) is 6.61 Å². The van der Waals surface area contributed by atoms with Crippen LogP contribution >= 0.6 is 15.9 Å². The van der Waals surface area contributed by atoms with Gasteiger partial charge in [-0.05, 0) is 42.0 Å². The first kappa shape index (κ1) is 16.4. The van der Waals surface area contributed by atoms with Crippen LogP contribution in [0.15, 0.2) is 46.9 Å². The summed E-state index contributed by atoms with van der Waals surface area (Å²) in [6.07, 6.45) is 6.94. The van der Waals surface area contributed by atoms with Crippen molar-refractivity contribution in [3.63, 3.8) is 0 Å². The number of terminal acetylenes is 1. The Kier molecular flexibility index (Phi) is 5.59. The van der Waals surface area contributed by atoms with Gasteiger partial charge >= 0.3 is 0 Å². The van der Waals surface area contributed by atoms with Crippen molar-refractivity contribution in [2.24, 2.45) is 0 Å². The normalized spacial score (nSPS) is 10.3. The van der Waals surface area contributed by atoms with Gasteiger partial charge in [-0.3, -0.25) is 0 Å². The smallest absolute Gasteiger partial charge is 0.148 e. The molecule has 3 nitrogen and oxygen atoms in total. The minimum atomic E-state index is 0.147. The second-order valence-electron chi connectivity index (χ2n) is 4.54. The fourth-order valence-electron chi connectivity index (χ4n) is 1.97. The van der Waals surface area contributed by atoms with E-state index in [-0.39, 0.29) is 6.61 Å². The van der Waals surface area contributed by atoms with Crippen molar-refractivity contribution in [1.82, 2.24) is 0 Å². The Morgan fingerprint density at radius 1 is 1.22 bits per heavy atom. The summed E-state index contributed by atoms with van der Waals surface area (Å²) in [5, 5.41) is 18.4. The maximum absolute atomic E-state index is 9.45. The molecule has 2 rings (SSSR count). The fraction of sp³-hybridized carbons (Fsp3) is 0.0526. The first-order valence-electron chi connectivity index (χ1n) is 6.66. The average Bonchev–Trinajstić information content (AvgIpc) is 2.59. The highest BCUT2D eigenvalue weighted by Gasteiger charge is 2.07. The number of hydrogen-bond donors (Lipinski definition) is 0. The third-order valence-electron chi connectivity index (χ3n) is 3.01. The number of benzene rings is 2. The van der Waals surface area contributed by atoms with E-state index in [0.29, 0.717) is 22.4 Å². The Hall–Kier alpha value is -3.00. The number of rotatable bonds is 4. The largest absolute Gasteiger partial charge is 0.480 e. The molecular weight excluding hydrogens is 352 g/mol.